The maximum Gasteiger partial charge on any atom is 0.240 e. The fourth-order valence-corrected chi connectivity index (χ4v) is 2.71. The van der Waals surface area contributed by atoms with Crippen molar-refractivity contribution < 1.29 is 13.5 Å². The van der Waals surface area contributed by atoms with Crippen molar-refractivity contribution in [3.05, 3.63) is 41.1 Å². The minimum atomic E-state index is -3.59. The number of nitrogens with zero attached hydrogens (tertiary/aromatic N) is 2. The van der Waals surface area contributed by atoms with Crippen LogP contribution in [0.25, 0.3) is 0 Å². The zero-order valence-electron chi connectivity index (χ0n) is 10.8. The Labute approximate surface area is 130 Å². The second kappa shape index (κ2) is 6.94. The maximum atomic E-state index is 11.8. The zero-order valence-corrected chi connectivity index (χ0v) is 13.2. The van der Waals surface area contributed by atoms with Crippen LogP contribution < -0.4 is 10.0 Å². The number of anilines is 2. The molecule has 0 aliphatic rings. The molecule has 2 rings (SSSR count). The van der Waals surface area contributed by atoms with E-state index in [0.717, 1.165) is 4.47 Å². The molecule has 21 heavy (non-hydrogen) atoms. The summed E-state index contributed by atoms with van der Waals surface area (Å²) in [5.41, 5.74) is 0.665. The molecule has 3 N–H and O–H groups in total. The van der Waals surface area contributed by atoms with Crippen molar-refractivity contribution >= 4 is 37.6 Å². The summed E-state index contributed by atoms with van der Waals surface area (Å²) in [5, 5.41) is 11.6. The van der Waals surface area contributed by atoms with Crippen LogP contribution in [0.1, 0.15) is 0 Å². The SMILES string of the molecule is O=S(=O)(NCCO)c1ccc(Nc2ncc(Br)cn2)cc1. The largest absolute Gasteiger partial charge is 0.395 e. The van der Waals surface area contributed by atoms with Gasteiger partial charge in [0.15, 0.2) is 0 Å². The molecule has 2 aromatic rings. The van der Waals surface area contributed by atoms with E-state index < -0.39 is 10.0 Å². The van der Waals surface area contributed by atoms with Gasteiger partial charge in [-0.2, -0.15) is 0 Å². The minimum Gasteiger partial charge on any atom is -0.395 e. The highest BCUT2D eigenvalue weighted by atomic mass is 79.9. The number of hydrogen-bond acceptors (Lipinski definition) is 6. The summed E-state index contributed by atoms with van der Waals surface area (Å²) < 4.78 is 26.7. The lowest BCUT2D eigenvalue weighted by atomic mass is 10.3. The monoisotopic (exact) mass is 372 g/mol. The zero-order chi connectivity index (χ0) is 15.3. The van der Waals surface area contributed by atoms with Crippen molar-refractivity contribution in [2.24, 2.45) is 0 Å². The number of sulfonamides is 1. The molecule has 112 valence electrons. The van der Waals surface area contributed by atoms with Gasteiger partial charge in [-0.05, 0) is 40.2 Å². The van der Waals surface area contributed by atoms with E-state index in [4.69, 9.17) is 5.11 Å². The molecule has 0 fully saturated rings. The van der Waals surface area contributed by atoms with Crippen molar-refractivity contribution in [3.63, 3.8) is 0 Å². The standard InChI is InChI=1S/C12H13BrN4O3S/c13-9-7-14-12(15-8-9)17-10-1-3-11(4-2-10)21(19,20)16-5-6-18/h1-4,7-8,16,18H,5-6H2,(H,14,15,17). The average Bonchev–Trinajstić information content (AvgIpc) is 2.48. The van der Waals surface area contributed by atoms with Crippen LogP contribution in [0.2, 0.25) is 0 Å². The Bertz CT molecular complexity index is 689. The van der Waals surface area contributed by atoms with Crippen LogP contribution in [0.15, 0.2) is 46.0 Å². The van der Waals surface area contributed by atoms with E-state index in [0.29, 0.717) is 11.6 Å². The number of halogens is 1. The van der Waals surface area contributed by atoms with E-state index in [9.17, 15) is 8.42 Å². The summed E-state index contributed by atoms with van der Waals surface area (Å²) in [6, 6.07) is 6.14. The molecular weight excluding hydrogens is 360 g/mol. The summed E-state index contributed by atoms with van der Waals surface area (Å²) in [6.45, 7) is -0.269. The van der Waals surface area contributed by atoms with Crippen LogP contribution in [0.3, 0.4) is 0 Å². The van der Waals surface area contributed by atoms with Gasteiger partial charge in [-0.25, -0.2) is 23.1 Å². The molecule has 0 aliphatic carbocycles. The van der Waals surface area contributed by atoms with Crippen LogP contribution in [-0.2, 0) is 10.0 Å². The fraction of sp³-hybridized carbons (Fsp3) is 0.167. The second-order valence-corrected chi connectivity index (χ2v) is 6.68. The Morgan fingerprint density at radius 2 is 1.76 bits per heavy atom. The number of aliphatic hydroxyl groups excluding tert-OH is 1. The van der Waals surface area contributed by atoms with Gasteiger partial charge in [0, 0.05) is 24.6 Å². The molecule has 0 saturated heterocycles. The smallest absolute Gasteiger partial charge is 0.240 e. The molecule has 0 radical (unpaired) electrons. The normalized spacial score (nSPS) is 11.3. The number of nitrogens with one attached hydrogen (secondary N) is 2. The quantitative estimate of drug-likeness (QED) is 0.704. The first-order chi connectivity index (χ1) is 10.0. The molecule has 0 bridgehead atoms. The predicted octanol–water partition coefficient (Wildman–Crippen LogP) is 1.25. The van der Waals surface area contributed by atoms with Gasteiger partial charge in [-0.1, -0.05) is 0 Å². The summed E-state index contributed by atoms with van der Waals surface area (Å²) in [6.07, 6.45) is 3.21. The molecular formula is C12H13BrN4O3S. The summed E-state index contributed by atoms with van der Waals surface area (Å²) >= 11 is 3.24. The van der Waals surface area contributed by atoms with Crippen LogP contribution in [0.5, 0.6) is 0 Å². The van der Waals surface area contributed by atoms with E-state index in [1.165, 1.54) is 12.1 Å². The van der Waals surface area contributed by atoms with E-state index >= 15 is 0 Å². The molecule has 0 atom stereocenters. The average molecular weight is 373 g/mol. The molecule has 0 amide bonds. The first-order valence-corrected chi connectivity index (χ1v) is 8.24. The van der Waals surface area contributed by atoms with Crippen LogP contribution >= 0.6 is 15.9 Å². The second-order valence-electron chi connectivity index (χ2n) is 4.00. The number of aliphatic hydroxyl groups is 1. The van der Waals surface area contributed by atoms with Crippen molar-refractivity contribution in [1.82, 2.24) is 14.7 Å². The molecule has 0 unspecified atom stereocenters. The Kier molecular flexibility index (Phi) is 5.23. The van der Waals surface area contributed by atoms with E-state index in [-0.39, 0.29) is 18.0 Å². The lowest BCUT2D eigenvalue weighted by Gasteiger charge is -2.07. The first kappa shape index (κ1) is 15.8. The topological polar surface area (TPSA) is 104 Å². The molecule has 9 heteroatoms. The highest BCUT2D eigenvalue weighted by Crippen LogP contribution is 2.17. The highest BCUT2D eigenvalue weighted by molar-refractivity contribution is 9.10. The Morgan fingerprint density at radius 1 is 1.14 bits per heavy atom. The molecule has 1 heterocycles. The van der Waals surface area contributed by atoms with Gasteiger partial charge in [-0.15, -0.1) is 0 Å². The molecule has 7 nitrogen and oxygen atoms in total. The lowest BCUT2D eigenvalue weighted by Crippen LogP contribution is -2.26. The van der Waals surface area contributed by atoms with Gasteiger partial charge in [0.2, 0.25) is 16.0 Å². The summed E-state index contributed by atoms with van der Waals surface area (Å²) in [5.74, 6) is 0.409. The number of aromatic nitrogens is 2. The van der Waals surface area contributed by atoms with Gasteiger partial charge < -0.3 is 10.4 Å². The third-order valence-corrected chi connectivity index (χ3v) is 4.33. The Hall–Kier alpha value is -1.55. The fourth-order valence-electron chi connectivity index (χ4n) is 1.49. The van der Waals surface area contributed by atoms with Gasteiger partial charge in [0.25, 0.3) is 0 Å². The first-order valence-electron chi connectivity index (χ1n) is 5.96. The van der Waals surface area contributed by atoms with Crippen LogP contribution in [0.4, 0.5) is 11.6 Å². The van der Waals surface area contributed by atoms with E-state index in [1.54, 1.807) is 24.5 Å². The van der Waals surface area contributed by atoms with Crippen molar-refractivity contribution in [3.8, 4) is 0 Å². The van der Waals surface area contributed by atoms with Gasteiger partial charge >= 0.3 is 0 Å². The number of rotatable bonds is 6. The number of benzene rings is 1. The van der Waals surface area contributed by atoms with Crippen LogP contribution in [0, 0.1) is 0 Å². The van der Waals surface area contributed by atoms with Crippen molar-refractivity contribution in [2.75, 3.05) is 18.5 Å². The van der Waals surface area contributed by atoms with E-state index in [1.807, 2.05) is 0 Å². The summed E-state index contributed by atoms with van der Waals surface area (Å²) in [4.78, 5) is 8.24. The van der Waals surface area contributed by atoms with Crippen molar-refractivity contribution in [2.45, 2.75) is 4.90 Å². The number of hydrogen-bond donors (Lipinski definition) is 3. The van der Waals surface area contributed by atoms with Gasteiger partial charge in [0.05, 0.1) is 16.0 Å². The molecule has 1 aromatic carbocycles. The van der Waals surface area contributed by atoms with Crippen molar-refractivity contribution in [1.29, 1.82) is 0 Å². The lowest BCUT2D eigenvalue weighted by molar-refractivity contribution is 0.301. The summed E-state index contributed by atoms with van der Waals surface area (Å²) in [7, 11) is -3.59. The highest BCUT2D eigenvalue weighted by Gasteiger charge is 2.12. The molecule has 1 aromatic heterocycles. The molecule has 0 aliphatic heterocycles. The molecule has 0 spiro atoms. The van der Waals surface area contributed by atoms with E-state index in [2.05, 4.69) is 35.9 Å². The molecule has 0 saturated carbocycles. The predicted molar refractivity (Wildman–Crippen MR) is 81.7 cm³/mol. The van der Waals surface area contributed by atoms with Crippen LogP contribution in [-0.4, -0.2) is 36.6 Å². The van der Waals surface area contributed by atoms with Gasteiger partial charge in [0.1, 0.15) is 0 Å². The Morgan fingerprint density at radius 3 is 2.33 bits per heavy atom. The maximum absolute atomic E-state index is 11.8. The Balaban J connectivity index is 2.10. The minimum absolute atomic E-state index is 0.0188. The third kappa shape index (κ3) is 4.46. The van der Waals surface area contributed by atoms with Gasteiger partial charge in [-0.3, -0.25) is 0 Å². The third-order valence-electron chi connectivity index (χ3n) is 2.44.